The fourth-order valence-corrected chi connectivity index (χ4v) is 2.28. The lowest BCUT2D eigenvalue weighted by molar-refractivity contribution is 0.0714. The van der Waals surface area contributed by atoms with E-state index in [4.69, 9.17) is 11.6 Å². The highest BCUT2D eigenvalue weighted by Gasteiger charge is 2.23. The zero-order chi connectivity index (χ0) is 17.6. The van der Waals surface area contributed by atoms with Crippen molar-refractivity contribution in [1.29, 1.82) is 0 Å². The van der Waals surface area contributed by atoms with E-state index in [9.17, 15) is 9.90 Å². The summed E-state index contributed by atoms with van der Waals surface area (Å²) in [4.78, 5) is 16.0. The molecule has 0 fully saturated rings. The highest BCUT2D eigenvalue weighted by Crippen LogP contribution is 2.23. The van der Waals surface area contributed by atoms with Crippen LogP contribution in [0.5, 0.6) is 0 Å². The van der Waals surface area contributed by atoms with Crippen molar-refractivity contribution in [3.8, 4) is 0 Å². The van der Waals surface area contributed by atoms with Gasteiger partial charge in [0.25, 0.3) is 5.91 Å². The number of pyridine rings is 1. The first-order chi connectivity index (χ1) is 11.4. The number of benzene rings is 1. The van der Waals surface area contributed by atoms with E-state index in [1.807, 2.05) is 6.07 Å². The minimum Gasteiger partial charge on any atom is -0.384 e. The van der Waals surface area contributed by atoms with Gasteiger partial charge in [-0.15, -0.1) is 6.58 Å². The Kier molecular flexibility index (Phi) is 5.95. The monoisotopic (exact) mass is 345 g/mol. The molecule has 1 aromatic heterocycles. The number of halogens is 1. The normalized spacial score (nSPS) is 13.0. The molecule has 0 aliphatic heterocycles. The molecule has 3 N–H and O–H groups in total. The molecule has 1 aromatic carbocycles. The van der Waals surface area contributed by atoms with Crippen LogP contribution in [0.1, 0.15) is 22.8 Å². The molecule has 1 unspecified atom stereocenters. The molecule has 6 heteroatoms. The second kappa shape index (κ2) is 7.95. The average Bonchev–Trinajstić information content (AvgIpc) is 2.58. The summed E-state index contributed by atoms with van der Waals surface area (Å²) < 4.78 is 0. The fraction of sp³-hybridized carbons (Fsp3) is 0.222. The molecule has 1 heterocycles. The lowest BCUT2D eigenvalue weighted by Crippen LogP contribution is -2.31. The minimum atomic E-state index is -1.10. The maximum Gasteiger partial charge on any atom is 0.253 e. The number of amides is 1. The third-order valence-electron chi connectivity index (χ3n) is 3.49. The summed E-state index contributed by atoms with van der Waals surface area (Å²) >= 11 is 5.96. The first-order valence-electron chi connectivity index (χ1n) is 7.50. The molecule has 0 bridgehead atoms. The number of hydrogen-bond donors (Lipinski definition) is 3. The second-order valence-electron chi connectivity index (χ2n) is 5.57. The summed E-state index contributed by atoms with van der Waals surface area (Å²) in [7, 11) is 0. The summed E-state index contributed by atoms with van der Waals surface area (Å²) in [5, 5.41) is 16.9. The van der Waals surface area contributed by atoms with Crippen LogP contribution in [-0.4, -0.2) is 29.1 Å². The third-order valence-corrected chi connectivity index (χ3v) is 3.73. The van der Waals surface area contributed by atoms with Crippen LogP contribution in [0.3, 0.4) is 0 Å². The maximum absolute atomic E-state index is 11.8. The van der Waals surface area contributed by atoms with Gasteiger partial charge < -0.3 is 15.7 Å². The summed E-state index contributed by atoms with van der Waals surface area (Å²) in [6.45, 7) is 5.90. The van der Waals surface area contributed by atoms with Crippen molar-refractivity contribution < 1.29 is 9.90 Å². The number of hydrogen-bond acceptors (Lipinski definition) is 4. The molecule has 2 rings (SSSR count). The number of carbonyl (C=O) groups is 1. The van der Waals surface area contributed by atoms with Gasteiger partial charge in [0.2, 0.25) is 0 Å². The Bertz CT molecular complexity index is 714. The Labute approximate surface area is 146 Å². The van der Waals surface area contributed by atoms with E-state index in [0.717, 1.165) is 0 Å². The van der Waals surface area contributed by atoms with Crippen LogP contribution >= 0.6 is 11.6 Å². The first-order valence-corrected chi connectivity index (χ1v) is 7.87. The number of nitrogens with zero attached hydrogens (tertiary/aromatic N) is 1. The lowest BCUT2D eigenvalue weighted by atomic mass is 9.96. The van der Waals surface area contributed by atoms with Crippen molar-refractivity contribution >= 4 is 23.3 Å². The largest absolute Gasteiger partial charge is 0.384 e. The Hall–Kier alpha value is -2.37. The number of anilines is 1. The van der Waals surface area contributed by atoms with Gasteiger partial charge in [-0.25, -0.2) is 4.98 Å². The Morgan fingerprint density at radius 1 is 1.42 bits per heavy atom. The maximum atomic E-state index is 11.8. The number of nitrogens with one attached hydrogen (secondary N) is 2. The van der Waals surface area contributed by atoms with Gasteiger partial charge in [-0.05, 0) is 36.8 Å². The minimum absolute atomic E-state index is 0.208. The highest BCUT2D eigenvalue weighted by atomic mass is 35.5. The van der Waals surface area contributed by atoms with Crippen molar-refractivity contribution in [2.24, 2.45) is 0 Å². The number of aromatic nitrogens is 1. The summed E-state index contributed by atoms with van der Waals surface area (Å²) in [6, 6.07) is 10.4. The van der Waals surface area contributed by atoms with Crippen molar-refractivity contribution in [1.82, 2.24) is 10.3 Å². The van der Waals surface area contributed by atoms with Crippen molar-refractivity contribution in [2.75, 3.05) is 18.4 Å². The quantitative estimate of drug-likeness (QED) is 0.674. The molecule has 1 amide bonds. The molecule has 2 aromatic rings. The molecule has 0 aliphatic carbocycles. The van der Waals surface area contributed by atoms with E-state index in [-0.39, 0.29) is 12.5 Å². The summed E-state index contributed by atoms with van der Waals surface area (Å²) in [6.07, 6.45) is 3.09. The van der Waals surface area contributed by atoms with Gasteiger partial charge in [-0.3, -0.25) is 4.79 Å². The van der Waals surface area contributed by atoms with E-state index in [1.165, 1.54) is 6.20 Å². The predicted molar refractivity (Wildman–Crippen MR) is 96.3 cm³/mol. The van der Waals surface area contributed by atoms with Gasteiger partial charge in [-0.2, -0.15) is 0 Å². The van der Waals surface area contributed by atoms with Gasteiger partial charge in [-0.1, -0.05) is 29.8 Å². The number of carbonyl (C=O) groups excluding carboxylic acids is 1. The molecular weight excluding hydrogens is 326 g/mol. The van der Waals surface area contributed by atoms with Crippen molar-refractivity contribution in [3.05, 3.63) is 71.4 Å². The van der Waals surface area contributed by atoms with E-state index in [2.05, 4.69) is 22.2 Å². The smallest absolute Gasteiger partial charge is 0.253 e. The Morgan fingerprint density at radius 2 is 2.21 bits per heavy atom. The Morgan fingerprint density at radius 3 is 2.83 bits per heavy atom. The molecule has 0 aliphatic rings. The standard InChI is InChI=1S/C18H20ClN3O2/c1-3-9-20-17(23)13-7-8-16(21-11-13)22-12-18(2,24)14-5-4-6-15(19)10-14/h3-8,10-11,24H,1,9,12H2,2H3,(H,20,23)(H,21,22). The van der Waals surface area contributed by atoms with Crippen LogP contribution in [-0.2, 0) is 5.60 Å². The lowest BCUT2D eigenvalue weighted by Gasteiger charge is -2.24. The molecule has 0 radical (unpaired) electrons. The van der Waals surface area contributed by atoms with Gasteiger partial charge in [0.15, 0.2) is 0 Å². The summed E-state index contributed by atoms with van der Waals surface area (Å²) in [5.74, 6) is 0.359. The number of rotatable bonds is 7. The van der Waals surface area contributed by atoms with Gasteiger partial charge in [0.1, 0.15) is 11.4 Å². The molecular formula is C18H20ClN3O2. The summed E-state index contributed by atoms with van der Waals surface area (Å²) in [5.41, 5.74) is 0.0685. The molecule has 126 valence electrons. The van der Waals surface area contributed by atoms with Crippen LogP contribution < -0.4 is 10.6 Å². The van der Waals surface area contributed by atoms with Crippen LogP contribution in [0, 0.1) is 0 Å². The van der Waals surface area contributed by atoms with E-state index in [0.29, 0.717) is 28.5 Å². The SMILES string of the molecule is C=CCNC(=O)c1ccc(NCC(C)(O)c2cccc(Cl)c2)nc1. The third kappa shape index (κ3) is 4.81. The molecule has 0 saturated heterocycles. The molecule has 24 heavy (non-hydrogen) atoms. The molecule has 5 nitrogen and oxygen atoms in total. The Balaban J connectivity index is 1.99. The average molecular weight is 346 g/mol. The van der Waals surface area contributed by atoms with Crippen molar-refractivity contribution in [2.45, 2.75) is 12.5 Å². The predicted octanol–water partition coefficient (Wildman–Crippen LogP) is 2.97. The van der Waals surface area contributed by atoms with E-state index in [1.54, 1.807) is 43.3 Å². The van der Waals surface area contributed by atoms with Gasteiger partial charge >= 0.3 is 0 Å². The van der Waals surface area contributed by atoms with Crippen LogP contribution in [0.25, 0.3) is 0 Å². The van der Waals surface area contributed by atoms with Crippen LogP contribution in [0.4, 0.5) is 5.82 Å². The van der Waals surface area contributed by atoms with Gasteiger partial charge in [0.05, 0.1) is 5.56 Å². The van der Waals surface area contributed by atoms with Gasteiger partial charge in [0, 0.05) is 24.3 Å². The molecule has 1 atom stereocenters. The molecule has 0 saturated carbocycles. The first kappa shape index (κ1) is 18.0. The van der Waals surface area contributed by atoms with Crippen molar-refractivity contribution in [3.63, 3.8) is 0 Å². The number of aliphatic hydroxyl groups is 1. The van der Waals surface area contributed by atoms with Crippen LogP contribution in [0.2, 0.25) is 5.02 Å². The highest BCUT2D eigenvalue weighted by molar-refractivity contribution is 6.30. The molecule has 0 spiro atoms. The van der Waals surface area contributed by atoms with Crippen LogP contribution in [0.15, 0.2) is 55.3 Å². The van der Waals surface area contributed by atoms with E-state index < -0.39 is 5.60 Å². The second-order valence-corrected chi connectivity index (χ2v) is 6.01. The zero-order valence-corrected chi connectivity index (χ0v) is 14.2. The fourth-order valence-electron chi connectivity index (χ4n) is 2.09. The van der Waals surface area contributed by atoms with E-state index >= 15 is 0 Å². The topological polar surface area (TPSA) is 74.2 Å². The zero-order valence-electron chi connectivity index (χ0n) is 13.4.